The molecule has 0 unspecified atom stereocenters. The van der Waals surface area contributed by atoms with Crippen molar-refractivity contribution in [2.24, 2.45) is 0 Å². The first-order valence-corrected chi connectivity index (χ1v) is 10.9. The Labute approximate surface area is 189 Å². The fraction of sp³-hybridized carbons (Fsp3) is 0.222. The van der Waals surface area contributed by atoms with Gasteiger partial charge in [0.25, 0.3) is 0 Å². The van der Waals surface area contributed by atoms with Crippen molar-refractivity contribution in [3.63, 3.8) is 0 Å². The second-order valence-corrected chi connectivity index (χ2v) is 8.04. The summed E-state index contributed by atoms with van der Waals surface area (Å²) in [6, 6.07) is 30.1. The Bertz CT molecular complexity index is 1110. The molecule has 3 aromatic carbocycles. The molecular weight excluding hydrogens is 398 g/mol. The van der Waals surface area contributed by atoms with E-state index in [1.807, 2.05) is 97.4 Å². The molecule has 0 bridgehead atoms. The lowest BCUT2D eigenvalue weighted by Gasteiger charge is -2.24. The number of hydrogen-bond acceptors (Lipinski definition) is 4. The molecule has 5 nitrogen and oxygen atoms in total. The average Bonchev–Trinajstić information content (AvgIpc) is 3.10. The highest BCUT2D eigenvalue weighted by Crippen LogP contribution is 2.32. The Morgan fingerprint density at radius 2 is 1.47 bits per heavy atom. The molecule has 1 aromatic heterocycles. The van der Waals surface area contributed by atoms with Gasteiger partial charge < -0.3 is 9.84 Å². The Hall–Kier alpha value is -3.41. The number of aliphatic hydroxyl groups is 1. The average molecular weight is 428 g/mol. The molecule has 0 aliphatic heterocycles. The molecule has 0 radical (unpaired) electrons. The molecule has 164 valence electrons. The van der Waals surface area contributed by atoms with Crippen LogP contribution >= 0.6 is 0 Å². The van der Waals surface area contributed by atoms with Gasteiger partial charge in [0.1, 0.15) is 5.75 Å². The van der Waals surface area contributed by atoms with Gasteiger partial charge >= 0.3 is 0 Å². The fourth-order valence-electron chi connectivity index (χ4n) is 3.79. The molecule has 0 amide bonds. The molecule has 0 spiro atoms. The third-order valence-corrected chi connectivity index (χ3v) is 5.25. The monoisotopic (exact) mass is 427 g/mol. The van der Waals surface area contributed by atoms with Crippen molar-refractivity contribution in [3.05, 3.63) is 108 Å². The summed E-state index contributed by atoms with van der Waals surface area (Å²) >= 11 is 0. The molecule has 4 rings (SSSR count). The second kappa shape index (κ2) is 10.3. The van der Waals surface area contributed by atoms with E-state index in [1.54, 1.807) is 0 Å². The molecule has 1 atom stereocenters. The van der Waals surface area contributed by atoms with Crippen LogP contribution in [0.2, 0.25) is 0 Å². The summed E-state index contributed by atoms with van der Waals surface area (Å²) in [5.41, 5.74) is 4.06. The predicted octanol–water partition coefficient (Wildman–Crippen LogP) is 5.36. The van der Waals surface area contributed by atoms with E-state index in [2.05, 4.69) is 17.0 Å². The van der Waals surface area contributed by atoms with Crippen LogP contribution in [-0.4, -0.2) is 32.4 Å². The quantitative estimate of drug-likeness (QED) is 0.391. The molecule has 0 fully saturated rings. The van der Waals surface area contributed by atoms with Crippen LogP contribution in [0.3, 0.4) is 0 Å². The number of benzene rings is 3. The van der Waals surface area contributed by atoms with E-state index in [0.29, 0.717) is 19.0 Å². The maximum absolute atomic E-state index is 10.1. The van der Waals surface area contributed by atoms with Gasteiger partial charge in [0.15, 0.2) is 0 Å². The van der Waals surface area contributed by atoms with E-state index in [4.69, 9.17) is 9.84 Å². The number of rotatable bonds is 9. The Kier molecular flexibility index (Phi) is 7.00. The van der Waals surface area contributed by atoms with Gasteiger partial charge in [-0.05, 0) is 43.7 Å². The van der Waals surface area contributed by atoms with Crippen LogP contribution in [0.25, 0.3) is 5.69 Å². The molecule has 32 heavy (non-hydrogen) atoms. The van der Waals surface area contributed by atoms with Gasteiger partial charge in [0.05, 0.1) is 23.0 Å². The van der Waals surface area contributed by atoms with Crippen molar-refractivity contribution in [2.45, 2.75) is 33.0 Å². The van der Waals surface area contributed by atoms with Crippen LogP contribution < -0.4 is 4.74 Å². The summed E-state index contributed by atoms with van der Waals surface area (Å²) in [6.45, 7) is 5.72. The smallest absolute Gasteiger partial charge is 0.227 e. The van der Waals surface area contributed by atoms with Gasteiger partial charge in [0.2, 0.25) is 5.88 Å². The van der Waals surface area contributed by atoms with Gasteiger partial charge in [-0.3, -0.25) is 4.90 Å². The Morgan fingerprint density at radius 3 is 2.09 bits per heavy atom. The second-order valence-electron chi connectivity index (χ2n) is 8.04. The summed E-state index contributed by atoms with van der Waals surface area (Å²) in [7, 11) is 0. The maximum Gasteiger partial charge on any atom is 0.227 e. The predicted molar refractivity (Wildman–Crippen MR) is 127 cm³/mol. The van der Waals surface area contributed by atoms with E-state index < -0.39 is 6.10 Å². The summed E-state index contributed by atoms with van der Waals surface area (Å²) < 4.78 is 8.25. The minimum atomic E-state index is -0.443. The largest absolute Gasteiger partial charge is 0.439 e. The summed E-state index contributed by atoms with van der Waals surface area (Å²) in [5, 5.41) is 15.0. The van der Waals surface area contributed by atoms with Crippen molar-refractivity contribution < 1.29 is 9.84 Å². The van der Waals surface area contributed by atoms with Crippen LogP contribution in [0, 0.1) is 6.92 Å². The van der Waals surface area contributed by atoms with E-state index in [0.717, 1.165) is 29.2 Å². The van der Waals surface area contributed by atoms with Gasteiger partial charge in [-0.15, -0.1) is 0 Å². The van der Waals surface area contributed by atoms with Gasteiger partial charge in [-0.2, -0.15) is 5.10 Å². The zero-order valence-corrected chi connectivity index (χ0v) is 18.6. The lowest BCUT2D eigenvalue weighted by molar-refractivity contribution is 0.117. The van der Waals surface area contributed by atoms with Gasteiger partial charge in [0, 0.05) is 19.6 Å². The summed E-state index contributed by atoms with van der Waals surface area (Å²) in [4.78, 5) is 2.23. The first-order chi connectivity index (χ1) is 15.6. The highest BCUT2D eigenvalue weighted by Gasteiger charge is 2.22. The maximum atomic E-state index is 10.1. The number of aliphatic hydroxyl groups excluding tert-OH is 1. The zero-order valence-electron chi connectivity index (χ0n) is 18.6. The minimum absolute atomic E-state index is 0.443. The van der Waals surface area contributed by atoms with E-state index >= 15 is 0 Å². The number of ether oxygens (including phenoxy) is 1. The SMILES string of the molecule is Cc1nn(-c2ccccc2)c(Oc2ccccc2)c1CN(Cc1ccccc1)C[C@H](C)O. The van der Waals surface area contributed by atoms with Crippen LogP contribution in [0.1, 0.15) is 23.7 Å². The Morgan fingerprint density at radius 1 is 0.875 bits per heavy atom. The molecule has 0 saturated carbocycles. The van der Waals surface area contributed by atoms with Crippen molar-refractivity contribution in [2.75, 3.05) is 6.54 Å². The van der Waals surface area contributed by atoms with Crippen LogP contribution in [0.5, 0.6) is 11.6 Å². The molecule has 1 heterocycles. The lowest BCUT2D eigenvalue weighted by Crippen LogP contribution is -2.30. The highest BCUT2D eigenvalue weighted by molar-refractivity contribution is 5.43. The minimum Gasteiger partial charge on any atom is -0.439 e. The first kappa shape index (κ1) is 21.8. The van der Waals surface area contributed by atoms with Gasteiger partial charge in [-0.1, -0.05) is 66.7 Å². The van der Waals surface area contributed by atoms with E-state index in [1.165, 1.54) is 5.56 Å². The molecule has 1 N–H and O–H groups in total. The standard InChI is InChI=1S/C27H29N3O2/c1-21(31)18-29(19-23-12-6-3-7-13-23)20-26-22(2)28-30(24-14-8-4-9-15-24)27(26)32-25-16-10-5-11-17-25/h3-17,21,31H,18-20H2,1-2H3/t21-/m0/s1. The zero-order chi connectivity index (χ0) is 22.3. The highest BCUT2D eigenvalue weighted by atomic mass is 16.5. The Balaban J connectivity index is 1.71. The molecule has 0 aliphatic rings. The number of para-hydroxylation sites is 2. The van der Waals surface area contributed by atoms with E-state index in [-0.39, 0.29) is 0 Å². The number of hydrogen-bond donors (Lipinski definition) is 1. The van der Waals surface area contributed by atoms with Crippen LogP contribution in [0.15, 0.2) is 91.0 Å². The van der Waals surface area contributed by atoms with Crippen molar-refractivity contribution in [3.8, 4) is 17.3 Å². The van der Waals surface area contributed by atoms with Crippen molar-refractivity contribution in [1.29, 1.82) is 0 Å². The number of nitrogens with zero attached hydrogens (tertiary/aromatic N) is 3. The summed E-state index contributed by atoms with van der Waals surface area (Å²) in [6.07, 6.45) is -0.443. The molecule has 0 saturated heterocycles. The van der Waals surface area contributed by atoms with Crippen molar-refractivity contribution in [1.82, 2.24) is 14.7 Å². The third kappa shape index (κ3) is 5.44. The first-order valence-electron chi connectivity index (χ1n) is 10.9. The summed E-state index contributed by atoms with van der Waals surface area (Å²) in [5.74, 6) is 1.46. The van der Waals surface area contributed by atoms with Crippen molar-refractivity contribution >= 4 is 0 Å². The molecule has 4 aromatic rings. The number of aryl methyl sites for hydroxylation is 1. The normalized spacial score (nSPS) is 12.1. The topological polar surface area (TPSA) is 50.5 Å². The van der Waals surface area contributed by atoms with Crippen LogP contribution in [0.4, 0.5) is 0 Å². The lowest BCUT2D eigenvalue weighted by atomic mass is 10.1. The van der Waals surface area contributed by atoms with Crippen LogP contribution in [-0.2, 0) is 13.1 Å². The molecular formula is C27H29N3O2. The molecule has 5 heteroatoms. The fourth-order valence-corrected chi connectivity index (χ4v) is 3.79. The van der Waals surface area contributed by atoms with Gasteiger partial charge in [-0.25, -0.2) is 4.68 Å². The number of aromatic nitrogens is 2. The molecule has 0 aliphatic carbocycles. The van der Waals surface area contributed by atoms with E-state index in [9.17, 15) is 5.11 Å². The third-order valence-electron chi connectivity index (χ3n) is 5.25.